The fourth-order valence-electron chi connectivity index (χ4n) is 0.594. The molecule has 3 nitrogen and oxygen atoms in total. The fraction of sp³-hybridized carbons (Fsp3) is 0.875. The monoisotopic (exact) mass is 159 g/mol. The van der Waals surface area contributed by atoms with Gasteiger partial charge in [-0.25, -0.2) is 0 Å². The summed E-state index contributed by atoms with van der Waals surface area (Å²) in [6.45, 7) is 4.27. The van der Waals surface area contributed by atoms with E-state index in [4.69, 9.17) is 10.5 Å². The standard InChI is InChI=1S/C8H17NO2/c1-3-5-8(10)11-6-7(9)4-2/h7H,3-6,9H2,1-2H3. The average molecular weight is 159 g/mol. The van der Waals surface area contributed by atoms with Crippen LogP contribution in [0.4, 0.5) is 0 Å². The van der Waals surface area contributed by atoms with E-state index < -0.39 is 0 Å². The zero-order chi connectivity index (χ0) is 8.69. The van der Waals surface area contributed by atoms with Crippen LogP contribution in [0.5, 0.6) is 0 Å². The zero-order valence-corrected chi connectivity index (χ0v) is 7.30. The molecule has 0 aromatic carbocycles. The molecule has 0 saturated carbocycles. The molecule has 0 amide bonds. The van der Waals surface area contributed by atoms with Crippen LogP contribution in [0, 0.1) is 0 Å². The molecule has 0 fully saturated rings. The van der Waals surface area contributed by atoms with E-state index in [1.54, 1.807) is 0 Å². The summed E-state index contributed by atoms with van der Waals surface area (Å²) in [5, 5.41) is 0. The fourth-order valence-corrected chi connectivity index (χ4v) is 0.594. The highest BCUT2D eigenvalue weighted by molar-refractivity contribution is 5.69. The molecule has 1 atom stereocenters. The lowest BCUT2D eigenvalue weighted by atomic mass is 10.2. The van der Waals surface area contributed by atoms with Crippen molar-refractivity contribution in [3.8, 4) is 0 Å². The Bertz CT molecular complexity index is 115. The Morgan fingerprint density at radius 3 is 2.64 bits per heavy atom. The first-order valence-electron chi connectivity index (χ1n) is 4.11. The van der Waals surface area contributed by atoms with Crippen LogP contribution < -0.4 is 5.73 Å². The molecule has 11 heavy (non-hydrogen) atoms. The van der Waals surface area contributed by atoms with Gasteiger partial charge in [-0.2, -0.15) is 0 Å². The van der Waals surface area contributed by atoms with Gasteiger partial charge in [-0.1, -0.05) is 13.8 Å². The van der Waals surface area contributed by atoms with Gasteiger partial charge >= 0.3 is 5.97 Å². The molecular weight excluding hydrogens is 142 g/mol. The first-order valence-corrected chi connectivity index (χ1v) is 4.11. The van der Waals surface area contributed by atoms with Crippen LogP contribution in [0.3, 0.4) is 0 Å². The van der Waals surface area contributed by atoms with Gasteiger partial charge in [-0.15, -0.1) is 0 Å². The molecule has 2 N–H and O–H groups in total. The van der Waals surface area contributed by atoms with Crippen LogP contribution in [0.1, 0.15) is 33.1 Å². The van der Waals surface area contributed by atoms with Crippen molar-refractivity contribution in [2.75, 3.05) is 6.61 Å². The van der Waals surface area contributed by atoms with E-state index in [9.17, 15) is 4.79 Å². The number of carbonyl (C=O) groups excluding carboxylic acids is 1. The Balaban J connectivity index is 3.30. The van der Waals surface area contributed by atoms with Gasteiger partial charge in [0, 0.05) is 12.5 Å². The molecule has 0 saturated heterocycles. The summed E-state index contributed by atoms with van der Waals surface area (Å²) in [6, 6.07) is -0.00388. The molecule has 0 aliphatic rings. The van der Waals surface area contributed by atoms with Gasteiger partial charge in [0.15, 0.2) is 0 Å². The third-order valence-electron chi connectivity index (χ3n) is 1.44. The highest BCUT2D eigenvalue weighted by Crippen LogP contribution is 1.93. The molecule has 0 spiro atoms. The summed E-state index contributed by atoms with van der Waals surface area (Å²) in [7, 11) is 0. The number of ether oxygens (including phenoxy) is 1. The SMILES string of the molecule is CCCC(=O)OCC(N)CC. The molecule has 1 unspecified atom stereocenters. The van der Waals surface area contributed by atoms with Crippen LogP contribution in [0.25, 0.3) is 0 Å². The number of carbonyl (C=O) groups is 1. The lowest BCUT2D eigenvalue weighted by molar-refractivity contribution is -0.144. The van der Waals surface area contributed by atoms with Crippen LogP contribution in [0.15, 0.2) is 0 Å². The second-order valence-electron chi connectivity index (χ2n) is 2.60. The second-order valence-corrected chi connectivity index (χ2v) is 2.60. The molecule has 0 aliphatic carbocycles. The van der Waals surface area contributed by atoms with Gasteiger partial charge in [0.25, 0.3) is 0 Å². The largest absolute Gasteiger partial charge is 0.464 e. The van der Waals surface area contributed by atoms with Gasteiger partial charge in [0.2, 0.25) is 0 Å². The maximum Gasteiger partial charge on any atom is 0.305 e. The Hall–Kier alpha value is -0.570. The van der Waals surface area contributed by atoms with E-state index in [-0.39, 0.29) is 12.0 Å². The first kappa shape index (κ1) is 10.4. The summed E-state index contributed by atoms with van der Waals surface area (Å²) in [6.07, 6.45) is 2.18. The summed E-state index contributed by atoms with van der Waals surface area (Å²) < 4.78 is 4.87. The summed E-state index contributed by atoms with van der Waals surface area (Å²) in [4.78, 5) is 10.8. The van der Waals surface area contributed by atoms with Crippen LogP contribution in [-0.2, 0) is 9.53 Å². The van der Waals surface area contributed by atoms with Crippen LogP contribution in [0.2, 0.25) is 0 Å². The molecule has 0 aromatic heterocycles. The first-order chi connectivity index (χ1) is 5.20. The lowest BCUT2D eigenvalue weighted by Crippen LogP contribution is -2.26. The van der Waals surface area contributed by atoms with Gasteiger partial charge in [-0.05, 0) is 12.8 Å². The van der Waals surface area contributed by atoms with Crippen molar-refractivity contribution in [2.24, 2.45) is 5.73 Å². The topological polar surface area (TPSA) is 52.3 Å². The Morgan fingerprint density at radius 1 is 1.55 bits per heavy atom. The van der Waals surface area contributed by atoms with Gasteiger partial charge in [0.05, 0.1) is 0 Å². The zero-order valence-electron chi connectivity index (χ0n) is 7.30. The summed E-state index contributed by atoms with van der Waals surface area (Å²) in [5.74, 6) is -0.142. The van der Waals surface area contributed by atoms with E-state index in [0.29, 0.717) is 13.0 Å². The highest BCUT2D eigenvalue weighted by Gasteiger charge is 2.03. The van der Waals surface area contributed by atoms with Crippen molar-refractivity contribution < 1.29 is 9.53 Å². The molecule has 3 heteroatoms. The number of esters is 1. The average Bonchev–Trinajstić information content (AvgIpc) is 2.01. The molecule has 0 bridgehead atoms. The predicted molar refractivity (Wildman–Crippen MR) is 44.1 cm³/mol. The van der Waals surface area contributed by atoms with E-state index in [1.807, 2.05) is 13.8 Å². The molecule has 0 heterocycles. The number of hydrogen-bond acceptors (Lipinski definition) is 3. The molecule has 0 rings (SSSR count). The van der Waals surface area contributed by atoms with Gasteiger partial charge in [-0.3, -0.25) is 4.79 Å². The van der Waals surface area contributed by atoms with Gasteiger partial charge in [0.1, 0.15) is 6.61 Å². The normalized spacial score (nSPS) is 12.6. The van der Waals surface area contributed by atoms with E-state index in [0.717, 1.165) is 12.8 Å². The van der Waals surface area contributed by atoms with Crippen molar-refractivity contribution in [1.82, 2.24) is 0 Å². The smallest absolute Gasteiger partial charge is 0.305 e. The van der Waals surface area contributed by atoms with Crippen LogP contribution >= 0.6 is 0 Å². The van der Waals surface area contributed by atoms with E-state index in [2.05, 4.69) is 0 Å². The van der Waals surface area contributed by atoms with Gasteiger partial charge < -0.3 is 10.5 Å². The van der Waals surface area contributed by atoms with E-state index in [1.165, 1.54) is 0 Å². The predicted octanol–water partition coefficient (Wildman–Crippen LogP) is 1.07. The molecular formula is C8H17NO2. The number of hydrogen-bond donors (Lipinski definition) is 1. The van der Waals surface area contributed by atoms with Crippen molar-refractivity contribution in [3.05, 3.63) is 0 Å². The minimum absolute atomic E-state index is 0.00388. The third kappa shape index (κ3) is 5.85. The summed E-state index contributed by atoms with van der Waals surface area (Å²) >= 11 is 0. The minimum atomic E-state index is -0.142. The molecule has 66 valence electrons. The van der Waals surface area contributed by atoms with Crippen molar-refractivity contribution >= 4 is 5.97 Å². The Kier molecular flexibility index (Phi) is 5.84. The second kappa shape index (κ2) is 6.16. The number of nitrogens with two attached hydrogens (primary N) is 1. The number of rotatable bonds is 5. The maximum atomic E-state index is 10.8. The highest BCUT2D eigenvalue weighted by atomic mass is 16.5. The Labute approximate surface area is 67.9 Å². The maximum absolute atomic E-state index is 10.8. The Morgan fingerprint density at radius 2 is 2.18 bits per heavy atom. The molecule has 0 aliphatic heterocycles. The lowest BCUT2D eigenvalue weighted by Gasteiger charge is -2.08. The summed E-state index contributed by atoms with van der Waals surface area (Å²) in [5.41, 5.74) is 5.54. The van der Waals surface area contributed by atoms with Crippen molar-refractivity contribution in [1.29, 1.82) is 0 Å². The van der Waals surface area contributed by atoms with Crippen LogP contribution in [-0.4, -0.2) is 18.6 Å². The molecule has 0 radical (unpaired) electrons. The van der Waals surface area contributed by atoms with E-state index >= 15 is 0 Å². The molecule has 0 aromatic rings. The quantitative estimate of drug-likeness (QED) is 0.610. The van der Waals surface area contributed by atoms with Crippen molar-refractivity contribution in [2.45, 2.75) is 39.2 Å². The third-order valence-corrected chi connectivity index (χ3v) is 1.44. The minimum Gasteiger partial charge on any atom is -0.464 e. The van der Waals surface area contributed by atoms with Crippen molar-refractivity contribution in [3.63, 3.8) is 0 Å².